The maximum absolute atomic E-state index is 11.4. The van der Waals surface area contributed by atoms with E-state index in [4.69, 9.17) is 10.5 Å². The summed E-state index contributed by atoms with van der Waals surface area (Å²) in [6, 6.07) is 9.12. The maximum atomic E-state index is 11.4. The van der Waals surface area contributed by atoms with E-state index in [1.165, 1.54) is 6.92 Å². The molecule has 5 heteroatoms. The Bertz CT molecular complexity index is 420. The van der Waals surface area contributed by atoms with Gasteiger partial charge in [0.15, 0.2) is 0 Å². The lowest BCUT2D eigenvalue weighted by molar-refractivity contribution is -0.118. The molecular formula is C15H22N2O3. The first kappa shape index (κ1) is 16.2. The molecule has 1 aromatic carbocycles. The van der Waals surface area contributed by atoms with Crippen molar-refractivity contribution in [3.63, 3.8) is 0 Å². The first-order chi connectivity index (χ1) is 9.59. The molecule has 0 heterocycles. The molecule has 0 aliphatic carbocycles. The van der Waals surface area contributed by atoms with Gasteiger partial charge in [0.05, 0.1) is 6.04 Å². The molecule has 3 N–H and O–H groups in total. The summed E-state index contributed by atoms with van der Waals surface area (Å²) >= 11 is 0. The Hall–Kier alpha value is -1.88. The minimum absolute atomic E-state index is 0.000213. The molecule has 0 bridgehead atoms. The highest BCUT2D eigenvalue weighted by Gasteiger charge is 2.07. The highest BCUT2D eigenvalue weighted by Crippen LogP contribution is 2.01. The van der Waals surface area contributed by atoms with E-state index in [9.17, 15) is 9.59 Å². The molecule has 1 unspecified atom stereocenters. The zero-order valence-electron chi connectivity index (χ0n) is 11.8. The van der Waals surface area contributed by atoms with Gasteiger partial charge in [0.2, 0.25) is 0 Å². The predicted octanol–water partition coefficient (Wildman–Crippen LogP) is 2.00. The number of carbonyl (C=O) groups excluding carboxylic acids is 2. The molecule has 0 radical (unpaired) electrons. The number of amides is 1. The fraction of sp³-hybridized carbons (Fsp3) is 0.467. The molecule has 1 aromatic rings. The molecule has 1 rings (SSSR count). The zero-order valence-corrected chi connectivity index (χ0v) is 11.8. The molecule has 0 saturated heterocycles. The number of benzene rings is 1. The van der Waals surface area contributed by atoms with Crippen LogP contribution in [0.2, 0.25) is 0 Å². The van der Waals surface area contributed by atoms with Gasteiger partial charge in [-0.05, 0) is 31.7 Å². The number of nitrogens with one attached hydrogen (secondary N) is 1. The number of alkyl carbamates (subject to hydrolysis) is 1. The Morgan fingerprint density at radius 1 is 1.25 bits per heavy atom. The number of nitrogens with two attached hydrogens (primary N) is 1. The van der Waals surface area contributed by atoms with Crippen LogP contribution in [0.15, 0.2) is 30.3 Å². The molecule has 0 spiro atoms. The normalized spacial score (nSPS) is 11.7. The van der Waals surface area contributed by atoms with Crippen LogP contribution in [-0.4, -0.2) is 24.5 Å². The van der Waals surface area contributed by atoms with Crippen molar-refractivity contribution in [2.75, 3.05) is 6.54 Å². The molecule has 20 heavy (non-hydrogen) atoms. The number of Topliss-reactive ketones (excluding diaryl/α,β-unsaturated/α-hetero) is 1. The Morgan fingerprint density at radius 3 is 2.60 bits per heavy atom. The van der Waals surface area contributed by atoms with Gasteiger partial charge in [0, 0.05) is 6.54 Å². The third-order valence-corrected chi connectivity index (χ3v) is 2.95. The minimum Gasteiger partial charge on any atom is -0.445 e. The van der Waals surface area contributed by atoms with E-state index in [0.717, 1.165) is 18.4 Å². The molecule has 1 amide bonds. The Labute approximate surface area is 119 Å². The summed E-state index contributed by atoms with van der Waals surface area (Å²) < 4.78 is 5.07. The van der Waals surface area contributed by atoms with Gasteiger partial charge < -0.3 is 15.8 Å². The van der Waals surface area contributed by atoms with Crippen molar-refractivity contribution >= 4 is 11.9 Å². The summed E-state index contributed by atoms with van der Waals surface area (Å²) in [4.78, 5) is 22.3. The maximum Gasteiger partial charge on any atom is 0.407 e. The fourth-order valence-corrected chi connectivity index (χ4v) is 1.66. The second kappa shape index (κ2) is 9.09. The minimum atomic E-state index is -0.426. The molecule has 0 aliphatic rings. The van der Waals surface area contributed by atoms with Crippen molar-refractivity contribution in [1.82, 2.24) is 5.32 Å². The number of hydrogen-bond acceptors (Lipinski definition) is 4. The number of carbonyl (C=O) groups is 2. The summed E-state index contributed by atoms with van der Waals surface area (Å²) in [6.45, 7) is 2.28. The molecule has 0 aromatic heterocycles. The van der Waals surface area contributed by atoms with E-state index in [2.05, 4.69) is 5.32 Å². The highest BCUT2D eigenvalue weighted by atomic mass is 16.5. The van der Waals surface area contributed by atoms with Crippen LogP contribution in [0.25, 0.3) is 0 Å². The number of hydrogen-bond donors (Lipinski definition) is 2. The average molecular weight is 278 g/mol. The summed E-state index contributed by atoms with van der Waals surface area (Å²) in [6.07, 6.45) is 1.81. The Balaban J connectivity index is 2.05. The lowest BCUT2D eigenvalue weighted by atomic mass is 10.1. The van der Waals surface area contributed by atoms with Gasteiger partial charge in [-0.15, -0.1) is 0 Å². The van der Waals surface area contributed by atoms with Crippen molar-refractivity contribution in [2.24, 2.45) is 5.73 Å². The topological polar surface area (TPSA) is 81.4 Å². The summed E-state index contributed by atoms with van der Waals surface area (Å²) in [5, 5.41) is 2.67. The van der Waals surface area contributed by atoms with E-state index >= 15 is 0 Å². The summed E-state index contributed by atoms with van der Waals surface area (Å²) in [5.41, 5.74) is 6.56. The van der Waals surface area contributed by atoms with Gasteiger partial charge in [0.25, 0.3) is 0 Å². The second-order valence-electron chi connectivity index (χ2n) is 4.70. The van der Waals surface area contributed by atoms with Gasteiger partial charge in [-0.3, -0.25) is 4.79 Å². The van der Waals surface area contributed by atoms with Crippen molar-refractivity contribution in [3.8, 4) is 0 Å². The van der Waals surface area contributed by atoms with Crippen molar-refractivity contribution in [2.45, 2.75) is 38.8 Å². The SMILES string of the molecule is CC(=O)C(N)CCCCNC(=O)OCc1ccccc1. The molecule has 0 aliphatic heterocycles. The number of ether oxygens (including phenoxy) is 1. The van der Waals surface area contributed by atoms with E-state index in [-0.39, 0.29) is 18.4 Å². The first-order valence-corrected chi connectivity index (χ1v) is 6.80. The first-order valence-electron chi connectivity index (χ1n) is 6.80. The average Bonchev–Trinajstić information content (AvgIpc) is 2.45. The molecule has 5 nitrogen and oxygen atoms in total. The largest absolute Gasteiger partial charge is 0.445 e. The standard InChI is InChI=1S/C15H22N2O3/c1-12(18)14(16)9-5-6-10-17-15(19)20-11-13-7-3-2-4-8-13/h2-4,7-8,14H,5-6,9-11,16H2,1H3,(H,17,19). The van der Waals surface area contributed by atoms with Gasteiger partial charge >= 0.3 is 6.09 Å². The number of unbranched alkanes of at least 4 members (excludes halogenated alkanes) is 1. The number of ketones is 1. The zero-order chi connectivity index (χ0) is 14.8. The van der Waals surface area contributed by atoms with Crippen LogP contribution >= 0.6 is 0 Å². The van der Waals surface area contributed by atoms with E-state index in [1.54, 1.807) is 0 Å². The van der Waals surface area contributed by atoms with Crippen LogP contribution in [0.4, 0.5) is 4.79 Å². The fourth-order valence-electron chi connectivity index (χ4n) is 1.66. The quantitative estimate of drug-likeness (QED) is 0.713. The summed E-state index contributed by atoms with van der Waals surface area (Å²) in [7, 11) is 0. The highest BCUT2D eigenvalue weighted by molar-refractivity contribution is 5.81. The Kier molecular flexibility index (Phi) is 7.35. The van der Waals surface area contributed by atoms with Crippen molar-refractivity contribution in [1.29, 1.82) is 0 Å². The smallest absolute Gasteiger partial charge is 0.407 e. The third-order valence-electron chi connectivity index (χ3n) is 2.95. The van der Waals surface area contributed by atoms with Crippen LogP contribution in [0.5, 0.6) is 0 Å². The lowest BCUT2D eigenvalue weighted by Gasteiger charge is -2.08. The predicted molar refractivity (Wildman–Crippen MR) is 77.1 cm³/mol. The molecule has 110 valence electrons. The summed E-state index contributed by atoms with van der Waals surface area (Å²) in [5.74, 6) is 0.000213. The van der Waals surface area contributed by atoms with Gasteiger partial charge in [0.1, 0.15) is 12.4 Å². The van der Waals surface area contributed by atoms with Gasteiger partial charge in [-0.1, -0.05) is 30.3 Å². The third kappa shape index (κ3) is 6.89. The van der Waals surface area contributed by atoms with E-state index in [0.29, 0.717) is 13.0 Å². The monoisotopic (exact) mass is 278 g/mol. The second-order valence-corrected chi connectivity index (χ2v) is 4.70. The van der Waals surface area contributed by atoms with Crippen LogP contribution in [0.3, 0.4) is 0 Å². The van der Waals surface area contributed by atoms with Crippen molar-refractivity contribution in [3.05, 3.63) is 35.9 Å². The van der Waals surface area contributed by atoms with Crippen molar-refractivity contribution < 1.29 is 14.3 Å². The molecule has 1 atom stereocenters. The van der Waals surface area contributed by atoms with Gasteiger partial charge in [-0.25, -0.2) is 4.79 Å². The lowest BCUT2D eigenvalue weighted by Crippen LogP contribution is -2.29. The van der Waals surface area contributed by atoms with E-state index < -0.39 is 6.09 Å². The van der Waals surface area contributed by atoms with Crippen LogP contribution < -0.4 is 11.1 Å². The van der Waals surface area contributed by atoms with Crippen LogP contribution in [-0.2, 0) is 16.1 Å². The Morgan fingerprint density at radius 2 is 1.95 bits per heavy atom. The van der Waals surface area contributed by atoms with E-state index in [1.807, 2.05) is 30.3 Å². The number of rotatable bonds is 8. The molecule has 0 fully saturated rings. The van der Waals surface area contributed by atoms with Gasteiger partial charge in [-0.2, -0.15) is 0 Å². The molecule has 0 saturated carbocycles. The molecular weight excluding hydrogens is 256 g/mol. The van der Waals surface area contributed by atoms with Crippen LogP contribution in [0.1, 0.15) is 31.7 Å². The van der Waals surface area contributed by atoms with Crippen LogP contribution in [0, 0.1) is 0 Å².